The minimum Gasteiger partial charge on any atom is -0.361 e. The van der Waals surface area contributed by atoms with Crippen molar-refractivity contribution in [3.8, 4) is 6.07 Å². The van der Waals surface area contributed by atoms with Gasteiger partial charge in [-0.2, -0.15) is 5.26 Å². The first-order chi connectivity index (χ1) is 22.6. The number of nitrogens with zero attached hydrogens (tertiary/aromatic N) is 2. The van der Waals surface area contributed by atoms with E-state index in [4.69, 9.17) is 4.74 Å². The Hall–Kier alpha value is -2.39. The van der Waals surface area contributed by atoms with Crippen molar-refractivity contribution in [3.05, 3.63) is 72.2 Å². The van der Waals surface area contributed by atoms with Gasteiger partial charge in [0.2, 0.25) is 0 Å². The number of rotatable bonds is 10. The largest absolute Gasteiger partial charge is 0.361 e. The van der Waals surface area contributed by atoms with E-state index in [1.165, 1.54) is 63.5 Å². The number of hydrogen-bond donors (Lipinski definition) is 2. The minimum absolute atomic E-state index is 0.142. The highest BCUT2D eigenvalue weighted by atomic mass is 16.5. The molecule has 7 rings (SSSR count). The smallest absolute Gasteiger partial charge is 0.114 e. The second kappa shape index (κ2) is 14.4. The molecule has 0 amide bonds. The molecule has 5 aliphatic carbocycles. The van der Waals surface area contributed by atoms with Crippen LogP contribution in [0.25, 0.3) is 0 Å². The van der Waals surface area contributed by atoms with Crippen molar-refractivity contribution in [2.75, 3.05) is 6.61 Å². The van der Waals surface area contributed by atoms with Crippen LogP contribution in [0.3, 0.4) is 0 Å². The normalized spacial score (nSPS) is 40.5. The first-order valence-electron chi connectivity index (χ1n) is 19.0. The zero-order chi connectivity index (χ0) is 31.5. The molecule has 2 aliphatic heterocycles. The van der Waals surface area contributed by atoms with Crippen LogP contribution in [-0.4, -0.2) is 41.4 Å². The Morgan fingerprint density at radius 3 is 2.57 bits per heavy atom. The Morgan fingerprint density at radius 2 is 1.89 bits per heavy atom. The van der Waals surface area contributed by atoms with Gasteiger partial charge in [0.15, 0.2) is 0 Å². The molecule has 8 unspecified atom stereocenters. The highest BCUT2D eigenvalue weighted by Crippen LogP contribution is 2.48. The van der Waals surface area contributed by atoms with Crippen molar-refractivity contribution in [2.24, 2.45) is 29.6 Å². The molecule has 2 N–H and O–H groups in total. The molecule has 0 radical (unpaired) electrons. The van der Waals surface area contributed by atoms with Gasteiger partial charge in [-0.3, -0.25) is 5.32 Å². The fraction of sp³-hybridized carbons (Fsp3) is 0.683. The Balaban J connectivity index is 1.08. The molecule has 0 aromatic carbocycles. The standard InChI is InChI=1S/C41H58N4O/c1-3-5-8-34-28-46-40(43-34)32-17-23-36(24-18-32)45(35-21-15-31(16-22-35)30-13-11-29(27-42)12-14-30)37-25-19-33(20-26-37)41(4-2)38-9-6-7-10-39(38)44-41/h3,6,9,17,19,21,23,25,29-32,34,36,38-40,43-44H,1,4-5,7-8,10-16,18,20,22,24,26,28H2,2H3. The predicted molar refractivity (Wildman–Crippen MR) is 187 cm³/mol. The van der Waals surface area contributed by atoms with Crippen LogP contribution in [0, 0.1) is 40.9 Å². The Kier molecular flexibility index (Phi) is 10.1. The summed E-state index contributed by atoms with van der Waals surface area (Å²) in [5.74, 6) is 2.99. The topological polar surface area (TPSA) is 60.3 Å². The van der Waals surface area contributed by atoms with Crippen molar-refractivity contribution in [1.82, 2.24) is 15.5 Å². The molecule has 0 bridgehead atoms. The summed E-state index contributed by atoms with van der Waals surface area (Å²) in [5.41, 5.74) is 4.84. The fourth-order valence-electron chi connectivity index (χ4n) is 10.3. The summed E-state index contributed by atoms with van der Waals surface area (Å²) in [6.07, 6.45) is 38.5. The first kappa shape index (κ1) is 32.2. The predicted octanol–water partition coefficient (Wildman–Crippen LogP) is 8.61. The zero-order valence-corrected chi connectivity index (χ0v) is 28.3. The summed E-state index contributed by atoms with van der Waals surface area (Å²) in [6, 6.07) is 4.06. The summed E-state index contributed by atoms with van der Waals surface area (Å²) in [6.45, 7) is 7.09. The van der Waals surface area contributed by atoms with Crippen LogP contribution in [0.15, 0.2) is 72.2 Å². The summed E-state index contributed by atoms with van der Waals surface area (Å²) in [7, 11) is 0. The van der Waals surface area contributed by atoms with E-state index >= 15 is 0 Å². The van der Waals surface area contributed by atoms with Crippen molar-refractivity contribution in [1.29, 1.82) is 5.26 Å². The van der Waals surface area contributed by atoms with Gasteiger partial charge in [0.1, 0.15) is 6.23 Å². The molecule has 3 fully saturated rings. The molecule has 2 heterocycles. The van der Waals surface area contributed by atoms with Gasteiger partial charge in [-0.25, -0.2) is 0 Å². The van der Waals surface area contributed by atoms with Gasteiger partial charge >= 0.3 is 0 Å². The van der Waals surface area contributed by atoms with E-state index in [2.05, 4.69) is 77.6 Å². The Morgan fingerprint density at radius 1 is 1.00 bits per heavy atom. The van der Waals surface area contributed by atoms with Crippen molar-refractivity contribution < 1.29 is 4.74 Å². The number of hydrogen-bond acceptors (Lipinski definition) is 5. The van der Waals surface area contributed by atoms with Crippen LogP contribution in [0.5, 0.6) is 0 Å². The maximum atomic E-state index is 9.40. The summed E-state index contributed by atoms with van der Waals surface area (Å²) >= 11 is 0. The molecule has 1 saturated carbocycles. The van der Waals surface area contributed by atoms with Crippen LogP contribution >= 0.6 is 0 Å². The van der Waals surface area contributed by atoms with Crippen LogP contribution < -0.4 is 10.6 Å². The molecular formula is C41H58N4O. The molecule has 46 heavy (non-hydrogen) atoms. The van der Waals surface area contributed by atoms with Gasteiger partial charge in [-0.05, 0) is 126 Å². The average molecular weight is 623 g/mol. The molecule has 5 heteroatoms. The Labute approximate surface area is 279 Å². The monoisotopic (exact) mass is 622 g/mol. The van der Waals surface area contributed by atoms with Crippen molar-refractivity contribution >= 4 is 0 Å². The van der Waals surface area contributed by atoms with E-state index in [-0.39, 0.29) is 11.8 Å². The zero-order valence-electron chi connectivity index (χ0n) is 28.3. The van der Waals surface area contributed by atoms with E-state index in [0.717, 1.165) is 63.4 Å². The highest BCUT2D eigenvalue weighted by molar-refractivity contribution is 5.40. The number of nitriles is 1. The van der Waals surface area contributed by atoms with Gasteiger partial charge in [-0.1, -0.05) is 49.5 Å². The minimum atomic E-state index is 0.142. The van der Waals surface area contributed by atoms with E-state index in [9.17, 15) is 5.26 Å². The highest BCUT2D eigenvalue weighted by Gasteiger charge is 2.53. The molecule has 0 aromatic rings. The second-order valence-corrected chi connectivity index (χ2v) is 15.5. The maximum absolute atomic E-state index is 9.40. The molecule has 2 saturated heterocycles. The number of fused-ring (bicyclic) bond motifs is 1. The number of allylic oxidation sites excluding steroid dienone is 7. The third-order valence-corrected chi connectivity index (χ3v) is 13.1. The van der Waals surface area contributed by atoms with Gasteiger partial charge in [-0.15, -0.1) is 6.58 Å². The van der Waals surface area contributed by atoms with E-state index < -0.39 is 0 Å². The Bertz CT molecular complexity index is 1290. The van der Waals surface area contributed by atoms with E-state index in [1.54, 1.807) is 11.3 Å². The number of ether oxygens (including phenoxy) is 1. The lowest BCUT2D eigenvalue weighted by Crippen LogP contribution is -2.72. The van der Waals surface area contributed by atoms with Crippen molar-refractivity contribution in [3.63, 3.8) is 0 Å². The van der Waals surface area contributed by atoms with Crippen LogP contribution in [-0.2, 0) is 4.74 Å². The van der Waals surface area contributed by atoms with Crippen LogP contribution in [0.1, 0.15) is 110 Å². The summed E-state index contributed by atoms with van der Waals surface area (Å²) in [5, 5.41) is 17.2. The van der Waals surface area contributed by atoms with E-state index in [1.807, 2.05) is 6.08 Å². The quantitative estimate of drug-likeness (QED) is 0.239. The molecule has 5 nitrogen and oxygen atoms in total. The van der Waals surface area contributed by atoms with Gasteiger partial charge in [0, 0.05) is 46.8 Å². The third kappa shape index (κ3) is 6.39. The van der Waals surface area contributed by atoms with Gasteiger partial charge < -0.3 is 15.0 Å². The molecule has 0 spiro atoms. The SMILES string of the molecule is C=CCCC1COC(C2C=CC(N(C3=CC=C(C4(CC)NC5CCC=CC54)CC3)C3=CCC(C4CCC(C#N)CC4)CC3)CC2)N1. The van der Waals surface area contributed by atoms with Crippen LogP contribution in [0.2, 0.25) is 0 Å². The lowest BCUT2D eigenvalue weighted by atomic mass is 9.61. The van der Waals surface area contributed by atoms with Crippen LogP contribution in [0.4, 0.5) is 0 Å². The molecule has 248 valence electrons. The number of nitrogens with one attached hydrogen (secondary N) is 2. The van der Waals surface area contributed by atoms with Gasteiger partial charge in [0.05, 0.1) is 18.7 Å². The molecule has 0 aromatic heterocycles. The molecular weight excluding hydrogens is 564 g/mol. The lowest BCUT2D eigenvalue weighted by molar-refractivity contribution is 0.0597. The lowest BCUT2D eigenvalue weighted by Gasteiger charge is -2.58. The second-order valence-electron chi connectivity index (χ2n) is 15.5. The van der Waals surface area contributed by atoms with Crippen molar-refractivity contribution in [2.45, 2.75) is 140 Å². The maximum Gasteiger partial charge on any atom is 0.114 e. The summed E-state index contributed by atoms with van der Waals surface area (Å²) < 4.78 is 6.25. The van der Waals surface area contributed by atoms with Gasteiger partial charge in [0.25, 0.3) is 0 Å². The average Bonchev–Trinajstić information content (AvgIpc) is 3.59. The summed E-state index contributed by atoms with van der Waals surface area (Å²) in [4.78, 5) is 2.77. The molecule has 7 aliphatic rings. The first-order valence-corrected chi connectivity index (χ1v) is 19.0. The fourth-order valence-corrected chi connectivity index (χ4v) is 10.3. The van der Waals surface area contributed by atoms with E-state index in [0.29, 0.717) is 35.9 Å². The third-order valence-electron chi connectivity index (χ3n) is 13.1. The molecule has 8 atom stereocenters.